The maximum atomic E-state index is 13.1. The third-order valence-electron chi connectivity index (χ3n) is 2.58. The summed E-state index contributed by atoms with van der Waals surface area (Å²) in [6.45, 7) is 0. The molecule has 10 heteroatoms. The second kappa shape index (κ2) is 5.47. The van der Waals surface area contributed by atoms with Crippen LogP contribution in [0.4, 0.5) is 13.2 Å². The molecule has 0 bridgehead atoms. The van der Waals surface area contributed by atoms with Crippen LogP contribution in [-0.2, 0) is 16.0 Å². The summed E-state index contributed by atoms with van der Waals surface area (Å²) in [5.74, 6) is 0. The zero-order chi connectivity index (χ0) is 16.1. The van der Waals surface area contributed by atoms with Crippen molar-refractivity contribution in [2.45, 2.75) is 12.7 Å². The van der Waals surface area contributed by atoms with Gasteiger partial charge in [0.1, 0.15) is 0 Å². The number of halogens is 6. The maximum absolute atomic E-state index is 13.1. The third kappa shape index (κ3) is 3.27. The Balaban J connectivity index is 2.87. The zero-order valence-corrected chi connectivity index (χ0v) is 15.4. The van der Waals surface area contributed by atoms with Gasteiger partial charge in [-0.3, -0.25) is 0 Å². The molecule has 1 aromatic carbocycles. The average Bonchev–Trinajstić information content (AvgIpc) is 2.34. The number of aromatic nitrogens is 1. The second-order valence-electron chi connectivity index (χ2n) is 3.97. The minimum absolute atomic E-state index is 0.0531. The number of hydrogen-bond acceptors (Lipinski definition) is 3. The van der Waals surface area contributed by atoms with Crippen molar-refractivity contribution in [1.82, 2.24) is 4.98 Å². The van der Waals surface area contributed by atoms with Gasteiger partial charge in [0.15, 0.2) is 5.03 Å². The molecule has 2 aromatic rings. The van der Waals surface area contributed by atoms with Crippen LogP contribution in [0.15, 0.2) is 35.4 Å². The molecule has 0 spiro atoms. The summed E-state index contributed by atoms with van der Waals surface area (Å²) >= 11 is 8.40. The molecule has 1 aromatic heterocycles. The predicted octanol–water partition coefficient (Wildman–Crippen LogP) is 4.82. The van der Waals surface area contributed by atoms with E-state index in [4.69, 9.17) is 0 Å². The Morgan fingerprint density at radius 2 is 1.62 bits per heavy atom. The quantitative estimate of drug-likeness (QED) is 0.516. The fourth-order valence-electron chi connectivity index (χ4n) is 1.64. The molecular formula is C11H5Br3F3NO2S. The highest BCUT2D eigenvalue weighted by atomic mass is 80.0. The molecule has 0 saturated carbocycles. The van der Waals surface area contributed by atoms with Crippen LogP contribution in [0, 0.1) is 0 Å². The molecule has 1 heterocycles. The minimum atomic E-state index is -4.69. The topological polar surface area (TPSA) is 47.0 Å². The van der Waals surface area contributed by atoms with Crippen LogP contribution in [-0.4, -0.2) is 14.9 Å². The molecule has 21 heavy (non-hydrogen) atoms. The van der Waals surface area contributed by atoms with Crippen LogP contribution in [0.25, 0.3) is 10.9 Å². The summed E-state index contributed by atoms with van der Waals surface area (Å²) in [7, 11) is -4.21. The summed E-state index contributed by atoms with van der Waals surface area (Å²) < 4.78 is 62.0. The lowest BCUT2D eigenvalue weighted by Gasteiger charge is -2.16. The molecule has 0 amide bonds. The Morgan fingerprint density at radius 1 is 1.05 bits per heavy atom. The molecule has 0 aliphatic carbocycles. The fraction of sp³-hybridized carbons (Fsp3) is 0.182. The SMILES string of the molecule is O=S(=O)(c1cc(C(F)(F)F)c2ccccc2n1)C(Br)(Br)Br. The van der Waals surface area contributed by atoms with Gasteiger partial charge in [-0.2, -0.15) is 13.2 Å². The molecule has 0 N–H and O–H groups in total. The van der Waals surface area contributed by atoms with E-state index >= 15 is 0 Å². The Kier molecular flexibility index (Phi) is 4.47. The normalized spacial score (nSPS) is 13.6. The van der Waals surface area contributed by atoms with Gasteiger partial charge in [-0.05, 0) is 59.9 Å². The summed E-state index contributed by atoms with van der Waals surface area (Å²) in [6, 6.07) is 6.00. The average molecular weight is 512 g/mol. The molecule has 0 unspecified atom stereocenters. The number of pyridine rings is 1. The van der Waals surface area contributed by atoms with Crippen molar-refractivity contribution in [2.24, 2.45) is 0 Å². The number of para-hydroxylation sites is 1. The van der Waals surface area contributed by atoms with Gasteiger partial charge in [0.05, 0.1) is 11.1 Å². The standard InChI is InChI=1S/C11H5Br3F3NO2S/c12-11(13,14)21(19,20)9-5-7(10(15,16)17)6-3-1-2-4-8(6)18-9/h1-5H. The molecule has 2 rings (SSSR count). The molecule has 0 saturated heterocycles. The van der Waals surface area contributed by atoms with E-state index in [0.29, 0.717) is 6.07 Å². The van der Waals surface area contributed by atoms with E-state index in [2.05, 4.69) is 52.8 Å². The lowest BCUT2D eigenvalue weighted by atomic mass is 10.1. The van der Waals surface area contributed by atoms with Crippen molar-refractivity contribution in [3.63, 3.8) is 0 Å². The first-order valence-corrected chi connectivity index (χ1v) is 9.09. The van der Waals surface area contributed by atoms with Gasteiger partial charge in [-0.15, -0.1) is 0 Å². The lowest BCUT2D eigenvalue weighted by Crippen LogP contribution is -2.20. The van der Waals surface area contributed by atoms with E-state index in [0.717, 1.165) is 0 Å². The summed E-state index contributed by atoms with van der Waals surface area (Å²) in [5.41, 5.74) is -1.11. The van der Waals surface area contributed by atoms with Gasteiger partial charge >= 0.3 is 6.18 Å². The van der Waals surface area contributed by atoms with Crippen LogP contribution in [0.2, 0.25) is 0 Å². The van der Waals surface area contributed by atoms with Crippen molar-refractivity contribution in [3.8, 4) is 0 Å². The number of hydrogen-bond donors (Lipinski definition) is 0. The van der Waals surface area contributed by atoms with Crippen molar-refractivity contribution in [2.75, 3.05) is 0 Å². The van der Waals surface area contributed by atoms with Crippen molar-refractivity contribution in [3.05, 3.63) is 35.9 Å². The Bertz CT molecular complexity index is 800. The van der Waals surface area contributed by atoms with Gasteiger partial charge in [-0.1, -0.05) is 18.2 Å². The van der Waals surface area contributed by atoms with Gasteiger partial charge in [0.2, 0.25) is 11.3 Å². The molecule has 0 aliphatic heterocycles. The second-order valence-corrected chi connectivity index (χ2v) is 14.3. The fourth-order valence-corrected chi connectivity index (χ4v) is 3.86. The number of sulfone groups is 1. The van der Waals surface area contributed by atoms with E-state index in [1.807, 2.05) is 0 Å². The van der Waals surface area contributed by atoms with Gasteiger partial charge < -0.3 is 0 Å². The molecule has 0 radical (unpaired) electrons. The Morgan fingerprint density at radius 3 is 2.14 bits per heavy atom. The maximum Gasteiger partial charge on any atom is 0.417 e. The molecule has 0 atom stereocenters. The van der Waals surface area contributed by atoms with Crippen LogP contribution in [0.3, 0.4) is 0 Å². The van der Waals surface area contributed by atoms with Crippen molar-refractivity contribution in [1.29, 1.82) is 0 Å². The predicted molar refractivity (Wildman–Crippen MR) is 83.4 cm³/mol. The van der Waals surface area contributed by atoms with Crippen LogP contribution in [0.1, 0.15) is 5.56 Å². The molecule has 114 valence electrons. The number of alkyl halides is 6. The van der Waals surface area contributed by atoms with Crippen LogP contribution in [0.5, 0.6) is 0 Å². The number of benzene rings is 1. The molecule has 3 nitrogen and oxygen atoms in total. The molecule has 0 fully saturated rings. The highest BCUT2D eigenvalue weighted by Crippen LogP contribution is 2.44. The first-order valence-electron chi connectivity index (χ1n) is 5.23. The van der Waals surface area contributed by atoms with Gasteiger partial charge in [-0.25, -0.2) is 13.4 Å². The first kappa shape index (κ1) is 17.2. The van der Waals surface area contributed by atoms with E-state index < -0.39 is 28.1 Å². The minimum Gasteiger partial charge on any atom is -0.236 e. The smallest absolute Gasteiger partial charge is 0.236 e. The largest absolute Gasteiger partial charge is 0.417 e. The van der Waals surface area contributed by atoms with Gasteiger partial charge in [0, 0.05) is 5.39 Å². The van der Waals surface area contributed by atoms with E-state index in [1.165, 1.54) is 24.3 Å². The van der Waals surface area contributed by atoms with Gasteiger partial charge in [0.25, 0.3) is 0 Å². The van der Waals surface area contributed by atoms with E-state index in [-0.39, 0.29) is 10.9 Å². The zero-order valence-electron chi connectivity index (χ0n) is 9.83. The highest BCUT2D eigenvalue weighted by Gasteiger charge is 2.41. The summed E-state index contributed by atoms with van der Waals surface area (Å²) in [4.78, 5) is 3.81. The van der Waals surface area contributed by atoms with Crippen molar-refractivity contribution >= 4 is 68.5 Å². The number of rotatable bonds is 1. The van der Waals surface area contributed by atoms with E-state index in [9.17, 15) is 21.6 Å². The summed E-state index contributed by atoms with van der Waals surface area (Å²) in [6.07, 6.45) is -4.69. The Hall–Kier alpha value is -0.190. The first-order chi connectivity index (χ1) is 9.44. The lowest BCUT2D eigenvalue weighted by molar-refractivity contribution is -0.136. The Labute approximate surface area is 143 Å². The van der Waals surface area contributed by atoms with Crippen LogP contribution >= 0.6 is 47.8 Å². The number of nitrogens with zero attached hydrogens (tertiary/aromatic N) is 1. The van der Waals surface area contributed by atoms with E-state index in [1.54, 1.807) is 0 Å². The number of fused-ring (bicyclic) bond motifs is 1. The van der Waals surface area contributed by atoms with Crippen LogP contribution < -0.4 is 0 Å². The van der Waals surface area contributed by atoms with Crippen molar-refractivity contribution < 1.29 is 21.6 Å². The summed E-state index contributed by atoms with van der Waals surface area (Å²) in [5, 5.41) is -0.854. The highest BCUT2D eigenvalue weighted by molar-refractivity contribution is 9.42. The third-order valence-corrected chi connectivity index (χ3v) is 7.78. The monoisotopic (exact) mass is 509 g/mol. The molecule has 0 aliphatic rings. The molecular weight excluding hydrogens is 507 g/mol.